The maximum atomic E-state index is 11.8. The summed E-state index contributed by atoms with van der Waals surface area (Å²) in [4.78, 5) is 11.7. The number of rotatable bonds is 6. The van der Waals surface area contributed by atoms with Crippen LogP contribution in [0.3, 0.4) is 0 Å². The Kier molecular flexibility index (Phi) is 6.73. The molecule has 1 N–H and O–H groups in total. The molecular weight excluding hydrogens is 376 g/mol. The van der Waals surface area contributed by atoms with E-state index < -0.39 is 13.0 Å². The Morgan fingerprint density at radius 2 is 2.11 bits per heavy atom. The van der Waals surface area contributed by atoms with Crippen molar-refractivity contribution in [2.24, 2.45) is 0 Å². The highest BCUT2D eigenvalue weighted by molar-refractivity contribution is 9.11. The summed E-state index contributed by atoms with van der Waals surface area (Å²) in [7, 11) is 0. The molecule has 7 heteroatoms. The second-order valence-electron chi connectivity index (χ2n) is 3.35. The Bertz CT molecular complexity index is 416. The van der Waals surface area contributed by atoms with Gasteiger partial charge in [-0.1, -0.05) is 15.9 Å². The van der Waals surface area contributed by atoms with Crippen molar-refractivity contribution in [1.29, 1.82) is 0 Å². The van der Waals surface area contributed by atoms with Crippen LogP contribution in [0.25, 0.3) is 0 Å². The molecule has 0 unspecified atom stereocenters. The average Bonchev–Trinajstić information content (AvgIpc) is 2.27. The van der Waals surface area contributed by atoms with E-state index in [0.717, 1.165) is 4.47 Å². The first-order valence-electron chi connectivity index (χ1n) is 5.10. The largest absolute Gasteiger partial charge is 0.374 e. The van der Waals surface area contributed by atoms with Crippen molar-refractivity contribution in [1.82, 2.24) is 5.32 Å². The fraction of sp³-hybridized carbons (Fsp3) is 0.364. The van der Waals surface area contributed by atoms with Crippen LogP contribution in [0.15, 0.2) is 27.1 Å². The van der Waals surface area contributed by atoms with Gasteiger partial charge in [0.05, 0.1) is 12.2 Å². The predicted molar refractivity (Wildman–Crippen MR) is 71.0 cm³/mol. The highest BCUT2D eigenvalue weighted by Gasteiger charge is 2.09. The van der Waals surface area contributed by atoms with Gasteiger partial charge < -0.3 is 10.1 Å². The van der Waals surface area contributed by atoms with E-state index in [1.807, 2.05) is 0 Å². The molecule has 1 amide bonds. The standard InChI is InChI=1S/C11H11Br2F2NO2/c12-7-1-2-8(9(13)5-7)11(17)16-3-4-18-6-10(14)15/h1-2,5,10H,3-4,6H2,(H,16,17). The van der Waals surface area contributed by atoms with Gasteiger partial charge in [-0.25, -0.2) is 8.78 Å². The van der Waals surface area contributed by atoms with Crippen LogP contribution in [0.1, 0.15) is 10.4 Å². The van der Waals surface area contributed by atoms with Gasteiger partial charge in [0.2, 0.25) is 0 Å². The van der Waals surface area contributed by atoms with Crippen molar-refractivity contribution < 1.29 is 18.3 Å². The Balaban J connectivity index is 2.36. The number of halogens is 4. The van der Waals surface area contributed by atoms with Crippen LogP contribution < -0.4 is 5.32 Å². The summed E-state index contributed by atoms with van der Waals surface area (Å²) >= 11 is 6.55. The van der Waals surface area contributed by atoms with Gasteiger partial charge >= 0.3 is 0 Å². The van der Waals surface area contributed by atoms with Crippen molar-refractivity contribution in [2.45, 2.75) is 6.43 Å². The van der Waals surface area contributed by atoms with E-state index in [1.54, 1.807) is 18.2 Å². The fourth-order valence-corrected chi connectivity index (χ4v) is 2.41. The van der Waals surface area contributed by atoms with Crippen molar-refractivity contribution in [3.8, 4) is 0 Å². The molecule has 0 radical (unpaired) electrons. The van der Waals surface area contributed by atoms with Gasteiger partial charge in [0.1, 0.15) is 6.61 Å². The van der Waals surface area contributed by atoms with Crippen LogP contribution in [-0.2, 0) is 4.74 Å². The van der Waals surface area contributed by atoms with Gasteiger partial charge in [-0.15, -0.1) is 0 Å². The van der Waals surface area contributed by atoms with Crippen molar-refractivity contribution in [3.05, 3.63) is 32.7 Å². The summed E-state index contributed by atoms with van der Waals surface area (Å²) in [6.07, 6.45) is -2.48. The van der Waals surface area contributed by atoms with E-state index in [4.69, 9.17) is 0 Å². The minimum absolute atomic E-state index is 0.0597. The molecule has 0 aliphatic heterocycles. The lowest BCUT2D eigenvalue weighted by Gasteiger charge is -2.07. The van der Waals surface area contributed by atoms with Crippen molar-refractivity contribution in [2.75, 3.05) is 19.8 Å². The lowest BCUT2D eigenvalue weighted by Crippen LogP contribution is -2.28. The smallest absolute Gasteiger partial charge is 0.261 e. The third-order valence-corrected chi connectivity index (χ3v) is 3.10. The summed E-state index contributed by atoms with van der Waals surface area (Å²) in [5.41, 5.74) is 0.479. The third-order valence-electron chi connectivity index (χ3n) is 1.95. The summed E-state index contributed by atoms with van der Waals surface area (Å²) in [6, 6.07) is 5.15. The van der Waals surface area contributed by atoms with Gasteiger partial charge in [-0.2, -0.15) is 0 Å². The van der Waals surface area contributed by atoms with Crippen molar-refractivity contribution >= 4 is 37.8 Å². The molecule has 1 aromatic rings. The molecule has 0 spiro atoms. The van der Waals surface area contributed by atoms with E-state index in [0.29, 0.717) is 10.0 Å². The SMILES string of the molecule is O=C(NCCOCC(F)F)c1ccc(Br)cc1Br. The zero-order chi connectivity index (χ0) is 13.5. The lowest BCUT2D eigenvalue weighted by atomic mass is 10.2. The van der Waals surface area contributed by atoms with Crippen LogP contribution in [0, 0.1) is 0 Å². The Hall–Kier alpha value is -0.530. The molecule has 3 nitrogen and oxygen atoms in total. The summed E-state index contributed by atoms with van der Waals surface area (Å²) in [5, 5.41) is 2.58. The highest BCUT2D eigenvalue weighted by atomic mass is 79.9. The van der Waals surface area contributed by atoms with Gasteiger partial charge in [-0.05, 0) is 34.1 Å². The first kappa shape index (κ1) is 15.5. The molecule has 0 saturated carbocycles. The normalized spacial score (nSPS) is 10.7. The van der Waals surface area contributed by atoms with Gasteiger partial charge in [-0.3, -0.25) is 4.79 Å². The second kappa shape index (κ2) is 7.81. The van der Waals surface area contributed by atoms with Gasteiger partial charge in [0.25, 0.3) is 12.3 Å². The summed E-state index contributed by atoms with van der Waals surface area (Å²) in [5.74, 6) is -0.282. The topological polar surface area (TPSA) is 38.3 Å². The third kappa shape index (κ3) is 5.41. The molecule has 18 heavy (non-hydrogen) atoms. The van der Waals surface area contributed by atoms with Gasteiger partial charge in [0.15, 0.2) is 0 Å². The Morgan fingerprint density at radius 1 is 1.39 bits per heavy atom. The highest BCUT2D eigenvalue weighted by Crippen LogP contribution is 2.21. The molecule has 0 aliphatic carbocycles. The number of alkyl halides is 2. The number of carbonyl (C=O) groups is 1. The minimum atomic E-state index is -2.48. The number of benzene rings is 1. The predicted octanol–water partition coefficient (Wildman–Crippen LogP) is 3.22. The summed E-state index contributed by atoms with van der Waals surface area (Å²) in [6.45, 7) is -0.365. The monoisotopic (exact) mass is 385 g/mol. The Morgan fingerprint density at radius 3 is 2.72 bits per heavy atom. The quantitative estimate of drug-likeness (QED) is 0.762. The number of amides is 1. The van der Waals surface area contributed by atoms with Crippen LogP contribution in [0.4, 0.5) is 8.78 Å². The van der Waals surface area contributed by atoms with Gasteiger partial charge in [0, 0.05) is 15.5 Å². The van der Waals surface area contributed by atoms with Crippen LogP contribution in [0.5, 0.6) is 0 Å². The molecule has 1 rings (SSSR count). The lowest BCUT2D eigenvalue weighted by molar-refractivity contribution is 0.0188. The molecule has 0 bridgehead atoms. The maximum Gasteiger partial charge on any atom is 0.261 e. The zero-order valence-corrected chi connectivity index (χ0v) is 12.4. The number of ether oxygens (including phenoxy) is 1. The van der Waals surface area contributed by atoms with E-state index in [2.05, 4.69) is 41.9 Å². The molecule has 0 atom stereocenters. The fourth-order valence-electron chi connectivity index (χ4n) is 1.18. The Labute approximate surface area is 120 Å². The molecular formula is C11H11Br2F2NO2. The second-order valence-corrected chi connectivity index (χ2v) is 5.12. The van der Waals surface area contributed by atoms with Crippen molar-refractivity contribution in [3.63, 3.8) is 0 Å². The van der Waals surface area contributed by atoms with Crippen LogP contribution in [-0.4, -0.2) is 32.1 Å². The number of hydrogen-bond acceptors (Lipinski definition) is 2. The molecule has 1 aromatic carbocycles. The van der Waals surface area contributed by atoms with Crippen LogP contribution in [0.2, 0.25) is 0 Å². The van der Waals surface area contributed by atoms with E-state index in [1.165, 1.54) is 0 Å². The minimum Gasteiger partial charge on any atom is -0.374 e. The first-order chi connectivity index (χ1) is 8.50. The van der Waals surface area contributed by atoms with E-state index in [9.17, 15) is 13.6 Å². The number of carbonyl (C=O) groups excluding carboxylic acids is 1. The molecule has 0 fully saturated rings. The van der Waals surface area contributed by atoms with Crippen LogP contribution >= 0.6 is 31.9 Å². The number of nitrogens with one attached hydrogen (secondary N) is 1. The first-order valence-corrected chi connectivity index (χ1v) is 6.68. The molecule has 100 valence electrons. The van der Waals surface area contributed by atoms with E-state index in [-0.39, 0.29) is 19.1 Å². The number of hydrogen-bond donors (Lipinski definition) is 1. The molecule has 0 heterocycles. The molecule has 0 aromatic heterocycles. The maximum absolute atomic E-state index is 11.8. The molecule has 0 aliphatic rings. The zero-order valence-electron chi connectivity index (χ0n) is 9.26. The van der Waals surface area contributed by atoms with E-state index >= 15 is 0 Å². The summed E-state index contributed by atoms with van der Waals surface area (Å²) < 4.78 is 29.7. The average molecular weight is 387 g/mol. The molecule has 0 saturated heterocycles.